The molecule has 6 nitrogen and oxygen atoms in total. The van der Waals surface area contributed by atoms with E-state index in [9.17, 15) is 22.4 Å². The lowest BCUT2D eigenvalue weighted by Crippen LogP contribution is -2.36. The fraction of sp³-hybridized carbons (Fsp3) is 0.450. The number of carbonyl (C=O) groups is 2. The fourth-order valence-corrected chi connectivity index (χ4v) is 4.54. The summed E-state index contributed by atoms with van der Waals surface area (Å²) in [4.78, 5) is 30.2. The second-order valence-electron chi connectivity index (χ2n) is 7.41. The number of carboxylic acid groups (broad SMARTS) is 1. The molecular weight excluding hydrogens is 438 g/mol. The molecule has 0 spiro atoms. The van der Waals surface area contributed by atoms with Crippen molar-refractivity contribution in [2.24, 2.45) is 0 Å². The number of nitrogens with zero attached hydrogens (tertiary/aromatic N) is 3. The monoisotopic (exact) mass is 459 g/mol. The molecule has 0 radical (unpaired) electrons. The highest BCUT2D eigenvalue weighted by molar-refractivity contribution is 7.09. The summed E-state index contributed by atoms with van der Waals surface area (Å²) in [6, 6.07) is 7.23. The average Bonchev–Trinajstić information content (AvgIpc) is 3.34. The molecule has 0 bridgehead atoms. The van der Waals surface area contributed by atoms with E-state index in [1.807, 2.05) is 23.3 Å². The van der Waals surface area contributed by atoms with Gasteiger partial charge in [0.1, 0.15) is 5.82 Å². The number of likely N-dealkylation sites (tertiary alicyclic amines) is 2. The SMILES string of the molecule is Cc1nc(CN2C(=O)C[C@H]3[C@H]2CCN3Cc2cccc(F)c2)cs1.O=C(O)C(F)(F)F. The predicted molar refractivity (Wildman–Crippen MR) is 105 cm³/mol. The molecule has 2 atom stereocenters. The fourth-order valence-electron chi connectivity index (χ4n) is 3.94. The second kappa shape index (κ2) is 9.31. The van der Waals surface area contributed by atoms with E-state index in [1.165, 1.54) is 6.07 Å². The van der Waals surface area contributed by atoms with E-state index >= 15 is 0 Å². The maximum atomic E-state index is 13.4. The summed E-state index contributed by atoms with van der Waals surface area (Å²) in [6.45, 7) is 4.25. The maximum Gasteiger partial charge on any atom is 0.490 e. The smallest absolute Gasteiger partial charge is 0.475 e. The number of fused-ring (bicyclic) bond motifs is 1. The number of hydrogen-bond acceptors (Lipinski definition) is 5. The minimum absolute atomic E-state index is 0.203. The van der Waals surface area contributed by atoms with Gasteiger partial charge >= 0.3 is 12.1 Å². The number of amides is 1. The van der Waals surface area contributed by atoms with E-state index in [1.54, 1.807) is 23.5 Å². The lowest BCUT2D eigenvalue weighted by atomic mass is 10.1. The first-order valence-corrected chi connectivity index (χ1v) is 10.4. The van der Waals surface area contributed by atoms with Gasteiger partial charge in [-0.3, -0.25) is 9.69 Å². The van der Waals surface area contributed by atoms with Crippen molar-refractivity contribution in [2.75, 3.05) is 6.54 Å². The van der Waals surface area contributed by atoms with Crippen LogP contribution >= 0.6 is 11.3 Å². The van der Waals surface area contributed by atoms with E-state index in [4.69, 9.17) is 9.90 Å². The van der Waals surface area contributed by atoms with Gasteiger partial charge < -0.3 is 10.0 Å². The Kier molecular flexibility index (Phi) is 6.95. The zero-order chi connectivity index (χ0) is 22.8. The number of carboxylic acids is 1. The van der Waals surface area contributed by atoms with E-state index < -0.39 is 12.1 Å². The number of halogens is 4. The molecule has 11 heteroatoms. The van der Waals surface area contributed by atoms with Gasteiger partial charge in [0, 0.05) is 37.0 Å². The maximum absolute atomic E-state index is 13.4. The van der Waals surface area contributed by atoms with Crippen molar-refractivity contribution >= 4 is 23.2 Å². The Balaban J connectivity index is 0.000000339. The van der Waals surface area contributed by atoms with Crippen LogP contribution in [0.2, 0.25) is 0 Å². The zero-order valence-electron chi connectivity index (χ0n) is 16.6. The van der Waals surface area contributed by atoms with Crippen LogP contribution in [-0.2, 0) is 22.7 Å². The third-order valence-corrected chi connectivity index (χ3v) is 6.07. The first-order chi connectivity index (χ1) is 14.5. The van der Waals surface area contributed by atoms with Gasteiger partial charge in [0.25, 0.3) is 0 Å². The standard InChI is InChI=1S/C18H20FN3OS.C2HF3O2/c1-12-20-15(11-24-12)10-22-16-5-6-21(17(16)8-18(22)23)9-13-3-2-4-14(19)7-13;3-2(4,5)1(6)7/h2-4,7,11,16-17H,5-6,8-10H2,1H3;(H,6,7)/t16-,17+;/m1./s1. The van der Waals surface area contributed by atoms with Crippen LogP contribution in [0.25, 0.3) is 0 Å². The van der Waals surface area contributed by atoms with Crippen LogP contribution < -0.4 is 0 Å². The van der Waals surface area contributed by atoms with E-state index in [0.717, 1.165) is 29.2 Å². The third kappa shape index (κ3) is 5.79. The molecule has 168 valence electrons. The van der Waals surface area contributed by atoms with E-state index in [2.05, 4.69) is 9.88 Å². The number of rotatable bonds is 4. The Labute approximate surface area is 180 Å². The molecule has 0 saturated carbocycles. The number of aliphatic carboxylic acids is 1. The first-order valence-electron chi connectivity index (χ1n) is 9.53. The number of carbonyl (C=O) groups excluding carboxylic acids is 1. The van der Waals surface area contributed by atoms with Crippen LogP contribution in [-0.4, -0.2) is 56.6 Å². The Morgan fingerprint density at radius 2 is 2.00 bits per heavy atom. The largest absolute Gasteiger partial charge is 0.490 e. The molecule has 4 rings (SSSR count). The lowest BCUT2D eigenvalue weighted by Gasteiger charge is -2.25. The van der Waals surface area contributed by atoms with Crippen LogP contribution in [0.4, 0.5) is 17.6 Å². The summed E-state index contributed by atoms with van der Waals surface area (Å²) in [6.07, 6.45) is -3.54. The third-order valence-electron chi connectivity index (χ3n) is 5.25. The molecule has 2 aromatic rings. The van der Waals surface area contributed by atoms with Crippen molar-refractivity contribution < 1.29 is 32.3 Å². The molecular formula is C20H21F4N3O3S. The molecule has 1 aromatic carbocycles. The molecule has 0 unspecified atom stereocenters. The van der Waals surface area contributed by atoms with Gasteiger partial charge in [-0.2, -0.15) is 13.2 Å². The molecule has 1 N–H and O–H groups in total. The lowest BCUT2D eigenvalue weighted by molar-refractivity contribution is -0.192. The molecule has 0 aliphatic carbocycles. The van der Waals surface area contributed by atoms with E-state index in [-0.39, 0.29) is 23.8 Å². The zero-order valence-corrected chi connectivity index (χ0v) is 17.4. The van der Waals surface area contributed by atoms with E-state index in [0.29, 0.717) is 19.5 Å². The summed E-state index contributed by atoms with van der Waals surface area (Å²) in [5.74, 6) is -2.75. The van der Waals surface area contributed by atoms with Crippen molar-refractivity contribution in [3.05, 3.63) is 51.7 Å². The summed E-state index contributed by atoms with van der Waals surface area (Å²) in [7, 11) is 0. The number of benzene rings is 1. The van der Waals surface area contributed by atoms with Gasteiger partial charge in [-0.15, -0.1) is 11.3 Å². The second-order valence-corrected chi connectivity index (χ2v) is 8.47. The number of aryl methyl sites for hydroxylation is 1. The van der Waals surface area contributed by atoms with Gasteiger partial charge in [0.2, 0.25) is 5.91 Å². The minimum Gasteiger partial charge on any atom is -0.475 e. The molecule has 31 heavy (non-hydrogen) atoms. The number of alkyl halides is 3. The van der Waals surface area contributed by atoms with Gasteiger partial charge in [0.15, 0.2) is 0 Å². The highest BCUT2D eigenvalue weighted by atomic mass is 32.1. The van der Waals surface area contributed by atoms with Gasteiger partial charge in [-0.05, 0) is 31.0 Å². The molecule has 2 saturated heterocycles. The number of hydrogen-bond donors (Lipinski definition) is 1. The predicted octanol–water partition coefficient (Wildman–Crippen LogP) is 3.60. The van der Waals surface area contributed by atoms with Crippen LogP contribution in [0, 0.1) is 12.7 Å². The van der Waals surface area contributed by atoms with Crippen molar-refractivity contribution in [3.63, 3.8) is 0 Å². The highest BCUT2D eigenvalue weighted by Crippen LogP contribution is 2.34. The Morgan fingerprint density at radius 1 is 1.29 bits per heavy atom. The minimum atomic E-state index is -5.08. The van der Waals surface area contributed by atoms with Gasteiger partial charge in [0.05, 0.1) is 17.2 Å². The highest BCUT2D eigenvalue weighted by Gasteiger charge is 2.46. The van der Waals surface area contributed by atoms with Gasteiger partial charge in [-0.1, -0.05) is 12.1 Å². The Hall–Kier alpha value is -2.53. The van der Waals surface area contributed by atoms with Crippen LogP contribution in [0.1, 0.15) is 29.1 Å². The molecule has 2 fully saturated rings. The molecule has 3 heterocycles. The topological polar surface area (TPSA) is 73.7 Å². The first kappa shape index (κ1) is 23.1. The number of thiazole rings is 1. The normalized spacial score (nSPS) is 21.1. The summed E-state index contributed by atoms with van der Waals surface area (Å²) < 4.78 is 45.1. The van der Waals surface area contributed by atoms with Crippen molar-refractivity contribution in [1.82, 2.24) is 14.8 Å². The molecule has 2 aliphatic rings. The van der Waals surface area contributed by atoms with Crippen LogP contribution in [0.3, 0.4) is 0 Å². The summed E-state index contributed by atoms with van der Waals surface area (Å²) >= 11 is 1.62. The Bertz CT molecular complexity index is 950. The molecule has 2 aliphatic heterocycles. The quantitative estimate of drug-likeness (QED) is 0.708. The molecule has 1 amide bonds. The summed E-state index contributed by atoms with van der Waals surface area (Å²) in [5.41, 5.74) is 1.95. The van der Waals surface area contributed by atoms with Crippen molar-refractivity contribution in [1.29, 1.82) is 0 Å². The van der Waals surface area contributed by atoms with Crippen molar-refractivity contribution in [3.8, 4) is 0 Å². The molecule has 1 aromatic heterocycles. The van der Waals surface area contributed by atoms with Gasteiger partial charge in [-0.25, -0.2) is 14.2 Å². The van der Waals surface area contributed by atoms with Crippen LogP contribution in [0.15, 0.2) is 29.6 Å². The average molecular weight is 459 g/mol. The summed E-state index contributed by atoms with van der Waals surface area (Å²) in [5, 5.41) is 10.2. The Morgan fingerprint density at radius 3 is 2.58 bits per heavy atom. The van der Waals surface area contributed by atoms with Crippen LogP contribution in [0.5, 0.6) is 0 Å². The van der Waals surface area contributed by atoms with Crippen molar-refractivity contribution in [2.45, 2.75) is 51.1 Å². The number of aromatic nitrogens is 1.